The number of halogens is 1. The van der Waals surface area contributed by atoms with Gasteiger partial charge in [0.15, 0.2) is 0 Å². The summed E-state index contributed by atoms with van der Waals surface area (Å²) in [7, 11) is 1.72. The Hall–Kier alpha value is -3.26. The van der Waals surface area contributed by atoms with E-state index >= 15 is 0 Å². The molecular formula is C24H27FN4O3. The number of benzene rings is 2. The van der Waals surface area contributed by atoms with E-state index in [1.165, 1.54) is 0 Å². The molecule has 1 saturated heterocycles. The molecule has 4 rings (SSSR count). The molecule has 168 valence electrons. The number of carbonyl (C=O) groups is 3. The average molecular weight is 439 g/mol. The first-order valence-corrected chi connectivity index (χ1v) is 10.7. The lowest BCUT2D eigenvalue weighted by atomic mass is 10.0. The molecule has 7 nitrogen and oxygen atoms in total. The molecule has 3 N–H and O–H groups in total. The summed E-state index contributed by atoms with van der Waals surface area (Å²) < 4.78 is 13.8. The van der Waals surface area contributed by atoms with Crippen LogP contribution in [0.2, 0.25) is 0 Å². The second-order valence-electron chi connectivity index (χ2n) is 8.55. The van der Waals surface area contributed by atoms with Crippen molar-refractivity contribution in [2.24, 2.45) is 5.73 Å². The van der Waals surface area contributed by atoms with Crippen LogP contribution in [0.15, 0.2) is 42.5 Å². The van der Waals surface area contributed by atoms with Gasteiger partial charge >= 0.3 is 0 Å². The van der Waals surface area contributed by atoms with E-state index in [-0.39, 0.29) is 24.3 Å². The number of anilines is 1. The number of amides is 3. The van der Waals surface area contributed by atoms with Gasteiger partial charge in [0.1, 0.15) is 6.17 Å². The minimum absolute atomic E-state index is 0.0493. The van der Waals surface area contributed by atoms with Gasteiger partial charge in [0.25, 0.3) is 0 Å². The van der Waals surface area contributed by atoms with Gasteiger partial charge in [0.05, 0.1) is 18.9 Å². The molecule has 2 heterocycles. The lowest BCUT2D eigenvalue weighted by molar-refractivity contribution is -0.131. The van der Waals surface area contributed by atoms with E-state index in [0.717, 1.165) is 22.4 Å². The number of primary amides is 1. The third kappa shape index (κ3) is 4.80. The number of nitrogens with one attached hydrogen (secondary N) is 1. The molecule has 2 aliphatic rings. The van der Waals surface area contributed by atoms with Gasteiger partial charge in [-0.05, 0) is 41.3 Å². The number of hydrogen-bond acceptors (Lipinski definition) is 4. The van der Waals surface area contributed by atoms with Crippen LogP contribution in [-0.4, -0.2) is 60.4 Å². The first kappa shape index (κ1) is 22.0. The number of fused-ring (bicyclic) bond motifs is 1. The molecule has 2 aliphatic heterocycles. The first-order chi connectivity index (χ1) is 15.3. The van der Waals surface area contributed by atoms with Crippen LogP contribution in [-0.2, 0) is 22.4 Å². The van der Waals surface area contributed by atoms with Crippen molar-refractivity contribution in [2.75, 3.05) is 32.0 Å². The zero-order chi connectivity index (χ0) is 22.8. The third-order valence-corrected chi connectivity index (χ3v) is 6.22. The van der Waals surface area contributed by atoms with E-state index in [4.69, 9.17) is 5.73 Å². The number of carbonyl (C=O) groups excluding carboxylic acids is 3. The highest BCUT2D eigenvalue weighted by Crippen LogP contribution is 2.27. The van der Waals surface area contributed by atoms with Crippen molar-refractivity contribution in [3.8, 4) is 0 Å². The fraction of sp³-hybridized carbons (Fsp3) is 0.375. The van der Waals surface area contributed by atoms with E-state index in [1.807, 2.05) is 29.2 Å². The fourth-order valence-electron chi connectivity index (χ4n) is 4.39. The van der Waals surface area contributed by atoms with E-state index in [2.05, 4.69) is 5.32 Å². The lowest BCUT2D eigenvalue weighted by Crippen LogP contribution is -2.39. The highest BCUT2D eigenvalue weighted by molar-refractivity contribution is 5.99. The van der Waals surface area contributed by atoms with Gasteiger partial charge in [0.2, 0.25) is 17.7 Å². The Kier molecular flexibility index (Phi) is 6.23. The van der Waals surface area contributed by atoms with Crippen molar-refractivity contribution in [3.05, 3.63) is 64.7 Å². The maximum atomic E-state index is 13.8. The number of rotatable bonds is 7. The van der Waals surface area contributed by atoms with Crippen molar-refractivity contribution in [1.82, 2.24) is 9.80 Å². The first-order valence-electron chi connectivity index (χ1n) is 10.7. The highest BCUT2D eigenvalue weighted by atomic mass is 19.1. The molecule has 8 heteroatoms. The average Bonchev–Trinajstić information content (AvgIpc) is 3.35. The van der Waals surface area contributed by atoms with Crippen LogP contribution < -0.4 is 11.1 Å². The highest BCUT2D eigenvalue weighted by Gasteiger charge is 2.29. The van der Waals surface area contributed by atoms with Crippen molar-refractivity contribution in [2.45, 2.75) is 31.5 Å². The summed E-state index contributed by atoms with van der Waals surface area (Å²) in [5, 5.41) is 2.81. The number of alkyl halides is 1. The topological polar surface area (TPSA) is 95.7 Å². The molecule has 1 fully saturated rings. The van der Waals surface area contributed by atoms with Crippen LogP contribution in [0.5, 0.6) is 0 Å². The van der Waals surface area contributed by atoms with Gasteiger partial charge in [-0.25, -0.2) is 4.39 Å². The van der Waals surface area contributed by atoms with Crippen molar-refractivity contribution in [1.29, 1.82) is 0 Å². The standard InChI is InChI=1S/C24H27FN4O3/c1-28(23(31)10-15-5-6-16-12-22(30)27-20(16)9-15)21(14-29-8-7-19(25)13-29)17-3-2-4-18(11-17)24(26)32/h2-6,9,11,19,21H,7-8,10,12-14H2,1H3,(H2,26,32)(H,27,30)/t19?,21-/m1/s1. The molecule has 32 heavy (non-hydrogen) atoms. The van der Waals surface area contributed by atoms with E-state index in [0.29, 0.717) is 38.0 Å². The Morgan fingerprint density at radius 1 is 1.28 bits per heavy atom. The number of likely N-dealkylation sites (N-methyl/N-ethyl adjacent to an activating group) is 1. The zero-order valence-electron chi connectivity index (χ0n) is 18.0. The minimum atomic E-state index is -0.866. The molecule has 0 saturated carbocycles. The second-order valence-corrected chi connectivity index (χ2v) is 8.55. The molecular weight excluding hydrogens is 411 g/mol. The van der Waals surface area contributed by atoms with Crippen molar-refractivity contribution >= 4 is 23.4 Å². The monoisotopic (exact) mass is 438 g/mol. The van der Waals surface area contributed by atoms with Crippen LogP contribution in [0.4, 0.5) is 10.1 Å². The normalized spacial score (nSPS) is 18.8. The Balaban J connectivity index is 1.55. The van der Waals surface area contributed by atoms with Crippen LogP contribution >= 0.6 is 0 Å². The number of likely N-dealkylation sites (tertiary alicyclic amines) is 1. The largest absolute Gasteiger partial charge is 0.366 e. The molecule has 0 radical (unpaired) electrons. The summed E-state index contributed by atoms with van der Waals surface area (Å²) in [4.78, 5) is 40.1. The summed E-state index contributed by atoms with van der Waals surface area (Å²) in [6, 6.07) is 12.1. The Bertz CT molecular complexity index is 1060. The molecule has 2 atom stereocenters. The van der Waals surface area contributed by atoms with Crippen molar-refractivity contribution in [3.63, 3.8) is 0 Å². The van der Waals surface area contributed by atoms with E-state index in [1.54, 1.807) is 30.1 Å². The predicted molar refractivity (Wildman–Crippen MR) is 119 cm³/mol. The summed E-state index contributed by atoms with van der Waals surface area (Å²) in [5.74, 6) is -0.698. The van der Waals surface area contributed by atoms with Crippen LogP contribution in [0.3, 0.4) is 0 Å². The van der Waals surface area contributed by atoms with Crippen LogP contribution in [0.1, 0.15) is 39.5 Å². The number of nitrogens with zero attached hydrogens (tertiary/aromatic N) is 2. The molecule has 2 aromatic rings. The van der Waals surface area contributed by atoms with E-state index < -0.39 is 12.1 Å². The molecule has 0 bridgehead atoms. The second kappa shape index (κ2) is 9.08. The fourth-order valence-corrected chi connectivity index (χ4v) is 4.39. The summed E-state index contributed by atoms with van der Waals surface area (Å²) in [6.45, 7) is 1.42. The SMILES string of the molecule is CN(C(=O)Cc1ccc2c(c1)NC(=O)C2)[C@H](CN1CCC(F)C1)c1cccc(C(N)=O)c1. The molecule has 0 spiro atoms. The number of hydrogen-bond donors (Lipinski definition) is 2. The maximum Gasteiger partial charge on any atom is 0.248 e. The number of nitrogens with two attached hydrogens (primary N) is 1. The molecule has 2 aromatic carbocycles. The van der Waals surface area contributed by atoms with Gasteiger partial charge < -0.3 is 16.0 Å². The maximum absolute atomic E-state index is 13.8. The van der Waals surface area contributed by atoms with E-state index in [9.17, 15) is 18.8 Å². The Morgan fingerprint density at radius 3 is 2.81 bits per heavy atom. The Morgan fingerprint density at radius 2 is 2.09 bits per heavy atom. The van der Waals surface area contributed by atoms with Gasteiger partial charge in [-0.3, -0.25) is 19.3 Å². The van der Waals surface area contributed by atoms with Crippen LogP contribution in [0.25, 0.3) is 0 Å². The molecule has 1 unspecified atom stereocenters. The zero-order valence-corrected chi connectivity index (χ0v) is 18.0. The smallest absolute Gasteiger partial charge is 0.248 e. The predicted octanol–water partition coefficient (Wildman–Crippen LogP) is 2.07. The summed E-state index contributed by atoms with van der Waals surface area (Å²) in [5.41, 5.74) is 9.07. The lowest BCUT2D eigenvalue weighted by Gasteiger charge is -2.32. The van der Waals surface area contributed by atoms with Gasteiger partial charge in [-0.1, -0.05) is 24.3 Å². The summed E-state index contributed by atoms with van der Waals surface area (Å²) in [6.07, 6.45) is 0.132. The molecule has 0 aromatic heterocycles. The van der Waals surface area contributed by atoms with Gasteiger partial charge in [-0.2, -0.15) is 0 Å². The van der Waals surface area contributed by atoms with Gasteiger partial charge in [0, 0.05) is 37.9 Å². The molecule has 3 amide bonds. The van der Waals surface area contributed by atoms with Crippen molar-refractivity contribution < 1.29 is 18.8 Å². The van der Waals surface area contributed by atoms with Gasteiger partial charge in [-0.15, -0.1) is 0 Å². The quantitative estimate of drug-likeness (QED) is 0.692. The Labute approximate surface area is 186 Å². The molecule has 0 aliphatic carbocycles. The minimum Gasteiger partial charge on any atom is -0.366 e. The summed E-state index contributed by atoms with van der Waals surface area (Å²) >= 11 is 0. The third-order valence-electron chi connectivity index (χ3n) is 6.22. The van der Waals surface area contributed by atoms with Crippen LogP contribution in [0, 0.1) is 0 Å².